The van der Waals surface area contributed by atoms with Crippen molar-refractivity contribution in [3.8, 4) is 5.69 Å². The minimum absolute atomic E-state index is 0.216. The van der Waals surface area contributed by atoms with E-state index in [0.29, 0.717) is 22.5 Å². The van der Waals surface area contributed by atoms with Crippen molar-refractivity contribution in [1.82, 2.24) is 15.2 Å². The molecule has 0 radical (unpaired) electrons. The molecule has 0 aliphatic rings. The molecule has 0 bridgehead atoms. The van der Waals surface area contributed by atoms with Crippen molar-refractivity contribution >= 4 is 27.5 Å². The minimum atomic E-state index is -0.345. The van der Waals surface area contributed by atoms with Gasteiger partial charge < -0.3 is 0 Å². The zero-order valence-electron chi connectivity index (χ0n) is 14.3. The monoisotopic (exact) mass is 412 g/mol. The fourth-order valence-corrected chi connectivity index (χ4v) is 3.02. The van der Waals surface area contributed by atoms with Crippen LogP contribution in [0.1, 0.15) is 28.5 Å². The SMILES string of the molecule is C/C(=N\NC(=O)c1cccc(Br)c1)c1c(C)[nH]n(-c2ccccc2)c1=O. The van der Waals surface area contributed by atoms with Gasteiger partial charge in [-0.25, -0.2) is 10.1 Å². The molecule has 0 fully saturated rings. The van der Waals surface area contributed by atoms with Crippen LogP contribution in [0.3, 0.4) is 0 Å². The van der Waals surface area contributed by atoms with Gasteiger partial charge in [0.05, 0.1) is 17.0 Å². The minimum Gasteiger partial charge on any atom is -0.295 e. The molecule has 1 aromatic heterocycles. The van der Waals surface area contributed by atoms with Crippen LogP contribution >= 0.6 is 15.9 Å². The van der Waals surface area contributed by atoms with Crippen molar-refractivity contribution in [3.63, 3.8) is 0 Å². The summed E-state index contributed by atoms with van der Waals surface area (Å²) in [5.74, 6) is -0.345. The van der Waals surface area contributed by atoms with Gasteiger partial charge in [0.15, 0.2) is 0 Å². The summed E-state index contributed by atoms with van der Waals surface area (Å²) in [5.41, 5.74) is 5.03. The van der Waals surface area contributed by atoms with Crippen molar-refractivity contribution in [2.75, 3.05) is 0 Å². The Bertz CT molecular complexity index is 1040. The lowest BCUT2D eigenvalue weighted by Crippen LogP contribution is -2.23. The summed E-state index contributed by atoms with van der Waals surface area (Å²) in [6.07, 6.45) is 0. The van der Waals surface area contributed by atoms with Gasteiger partial charge in [-0.2, -0.15) is 5.10 Å². The van der Waals surface area contributed by atoms with E-state index in [9.17, 15) is 9.59 Å². The van der Waals surface area contributed by atoms with Crippen LogP contribution in [-0.4, -0.2) is 21.4 Å². The first-order valence-electron chi connectivity index (χ1n) is 7.95. The van der Waals surface area contributed by atoms with E-state index >= 15 is 0 Å². The van der Waals surface area contributed by atoms with E-state index in [2.05, 4.69) is 31.6 Å². The van der Waals surface area contributed by atoms with Gasteiger partial charge in [-0.15, -0.1) is 0 Å². The molecule has 0 saturated carbocycles. The van der Waals surface area contributed by atoms with Gasteiger partial charge in [0.1, 0.15) is 0 Å². The van der Waals surface area contributed by atoms with E-state index in [-0.39, 0.29) is 11.5 Å². The molecule has 3 rings (SSSR count). The lowest BCUT2D eigenvalue weighted by atomic mass is 10.2. The Labute approximate surface area is 158 Å². The number of aromatic amines is 1. The summed E-state index contributed by atoms with van der Waals surface area (Å²) in [5, 5.41) is 7.14. The third-order valence-electron chi connectivity index (χ3n) is 3.86. The molecular formula is C19H17BrN4O2. The predicted octanol–water partition coefficient (Wildman–Crippen LogP) is 3.39. The number of hydrogen-bond acceptors (Lipinski definition) is 3. The second-order valence-electron chi connectivity index (χ2n) is 5.74. The highest BCUT2D eigenvalue weighted by Gasteiger charge is 2.15. The Hall–Kier alpha value is -2.93. The second-order valence-corrected chi connectivity index (χ2v) is 6.65. The summed E-state index contributed by atoms with van der Waals surface area (Å²) in [4.78, 5) is 24.9. The summed E-state index contributed by atoms with van der Waals surface area (Å²) in [6.45, 7) is 3.49. The first-order valence-corrected chi connectivity index (χ1v) is 8.74. The quantitative estimate of drug-likeness (QED) is 0.508. The van der Waals surface area contributed by atoms with Gasteiger partial charge >= 0.3 is 0 Å². The largest absolute Gasteiger partial charge is 0.295 e. The molecule has 132 valence electrons. The lowest BCUT2D eigenvalue weighted by molar-refractivity contribution is 0.0954. The molecule has 1 heterocycles. The molecule has 0 unspecified atom stereocenters. The van der Waals surface area contributed by atoms with Crippen molar-refractivity contribution in [3.05, 3.63) is 86.2 Å². The number of carbonyl (C=O) groups excluding carboxylic acids is 1. The van der Waals surface area contributed by atoms with Crippen molar-refractivity contribution < 1.29 is 4.79 Å². The molecule has 2 aromatic carbocycles. The van der Waals surface area contributed by atoms with E-state index in [1.54, 1.807) is 32.0 Å². The highest BCUT2D eigenvalue weighted by molar-refractivity contribution is 9.10. The van der Waals surface area contributed by atoms with Crippen molar-refractivity contribution in [2.24, 2.45) is 5.10 Å². The van der Waals surface area contributed by atoms with Crippen molar-refractivity contribution in [1.29, 1.82) is 0 Å². The average Bonchev–Trinajstić information content (AvgIpc) is 2.94. The highest BCUT2D eigenvalue weighted by Crippen LogP contribution is 2.12. The topological polar surface area (TPSA) is 79.2 Å². The number of carbonyl (C=O) groups is 1. The van der Waals surface area contributed by atoms with Crippen LogP contribution < -0.4 is 11.0 Å². The molecule has 0 aliphatic heterocycles. The fourth-order valence-electron chi connectivity index (χ4n) is 2.62. The number of benzene rings is 2. The highest BCUT2D eigenvalue weighted by atomic mass is 79.9. The smallest absolute Gasteiger partial charge is 0.280 e. The first kappa shape index (κ1) is 17.9. The number of nitrogens with one attached hydrogen (secondary N) is 2. The maximum atomic E-state index is 12.7. The molecule has 0 saturated heterocycles. The Morgan fingerprint density at radius 3 is 2.58 bits per heavy atom. The summed E-state index contributed by atoms with van der Waals surface area (Å²) < 4.78 is 2.26. The van der Waals surface area contributed by atoms with E-state index in [1.807, 2.05) is 36.4 Å². The third kappa shape index (κ3) is 3.67. The van der Waals surface area contributed by atoms with Crippen molar-refractivity contribution in [2.45, 2.75) is 13.8 Å². The molecule has 7 heteroatoms. The average molecular weight is 413 g/mol. The predicted molar refractivity (Wildman–Crippen MR) is 105 cm³/mol. The molecule has 6 nitrogen and oxygen atoms in total. The van der Waals surface area contributed by atoms with Gasteiger partial charge in [-0.3, -0.25) is 14.7 Å². The number of halogens is 1. The Morgan fingerprint density at radius 2 is 1.88 bits per heavy atom. The van der Waals surface area contributed by atoms with E-state index < -0.39 is 0 Å². The van der Waals surface area contributed by atoms with Gasteiger partial charge in [0.2, 0.25) is 0 Å². The number of para-hydroxylation sites is 1. The number of aryl methyl sites for hydroxylation is 1. The Morgan fingerprint density at radius 1 is 1.15 bits per heavy atom. The molecule has 3 aromatic rings. The van der Waals surface area contributed by atoms with Crippen LogP contribution in [0.15, 0.2) is 69.0 Å². The Balaban J connectivity index is 1.87. The zero-order valence-corrected chi connectivity index (χ0v) is 15.9. The second kappa shape index (κ2) is 7.53. The first-order chi connectivity index (χ1) is 12.5. The van der Waals surface area contributed by atoms with E-state index in [0.717, 1.165) is 10.2 Å². The number of amides is 1. The van der Waals surface area contributed by atoms with Gasteiger partial charge in [-0.1, -0.05) is 40.2 Å². The van der Waals surface area contributed by atoms with Crippen LogP contribution in [0.5, 0.6) is 0 Å². The number of hydrogen-bond donors (Lipinski definition) is 2. The zero-order chi connectivity index (χ0) is 18.7. The molecular weight excluding hydrogens is 396 g/mol. The fraction of sp³-hybridized carbons (Fsp3) is 0.105. The molecule has 0 atom stereocenters. The summed E-state index contributed by atoms with van der Waals surface area (Å²) in [7, 11) is 0. The van der Waals surface area contributed by atoms with Crippen LogP contribution in [0.2, 0.25) is 0 Å². The normalized spacial score (nSPS) is 11.4. The number of aromatic nitrogens is 2. The van der Waals surface area contributed by atoms with Crippen LogP contribution in [0.4, 0.5) is 0 Å². The third-order valence-corrected chi connectivity index (χ3v) is 4.35. The number of hydrazone groups is 1. The molecule has 2 N–H and O–H groups in total. The number of rotatable bonds is 4. The van der Waals surface area contributed by atoms with E-state index in [1.165, 1.54) is 4.68 Å². The van der Waals surface area contributed by atoms with Crippen LogP contribution in [-0.2, 0) is 0 Å². The maximum absolute atomic E-state index is 12.7. The van der Waals surface area contributed by atoms with Crippen LogP contribution in [0, 0.1) is 6.92 Å². The molecule has 1 amide bonds. The number of nitrogens with zero attached hydrogens (tertiary/aromatic N) is 2. The lowest BCUT2D eigenvalue weighted by Gasteiger charge is -2.02. The summed E-state index contributed by atoms with van der Waals surface area (Å²) >= 11 is 3.33. The van der Waals surface area contributed by atoms with Gasteiger partial charge in [0, 0.05) is 15.7 Å². The molecule has 0 aliphatic carbocycles. The summed E-state index contributed by atoms with van der Waals surface area (Å²) in [6, 6.07) is 16.3. The molecule has 26 heavy (non-hydrogen) atoms. The number of H-pyrrole nitrogens is 1. The maximum Gasteiger partial charge on any atom is 0.280 e. The van der Waals surface area contributed by atoms with E-state index in [4.69, 9.17) is 0 Å². The van der Waals surface area contributed by atoms with Gasteiger partial charge in [-0.05, 0) is 44.2 Å². The standard InChI is InChI=1S/C19H17BrN4O2/c1-12(21-22-18(25)14-7-6-8-15(20)11-14)17-13(2)23-24(19(17)26)16-9-4-3-5-10-16/h3-11,23H,1-2H3,(H,22,25)/b21-12+. The van der Waals surface area contributed by atoms with Crippen LogP contribution in [0.25, 0.3) is 5.69 Å². The Kier molecular flexibility index (Phi) is 5.18. The molecule has 0 spiro atoms. The van der Waals surface area contributed by atoms with Gasteiger partial charge in [0.25, 0.3) is 11.5 Å².